The summed E-state index contributed by atoms with van der Waals surface area (Å²) in [6, 6.07) is 9.51. The molecule has 0 aliphatic heterocycles. The molecule has 0 saturated carbocycles. The Kier molecular flexibility index (Phi) is 4.90. The first-order valence-corrected chi connectivity index (χ1v) is 7.70. The molecule has 122 valence electrons. The van der Waals surface area contributed by atoms with E-state index in [1.54, 1.807) is 30.3 Å². The molecule has 0 N–H and O–H groups in total. The molecule has 0 bridgehead atoms. The monoisotopic (exact) mass is 391 g/mol. The third-order valence-corrected chi connectivity index (χ3v) is 3.54. The number of carbonyl (C=O) groups is 1. The van der Waals surface area contributed by atoms with Crippen LogP contribution < -0.4 is 0 Å². The second-order valence-electron chi connectivity index (χ2n) is 4.77. The van der Waals surface area contributed by atoms with Crippen LogP contribution in [0.2, 0.25) is 0 Å². The Balaban J connectivity index is 1.58. The van der Waals surface area contributed by atoms with Crippen molar-refractivity contribution in [3.63, 3.8) is 0 Å². The zero-order valence-corrected chi connectivity index (χ0v) is 13.8. The van der Waals surface area contributed by atoms with Crippen molar-refractivity contribution < 1.29 is 22.9 Å². The summed E-state index contributed by atoms with van der Waals surface area (Å²) in [6.07, 6.45) is 4.02. The summed E-state index contributed by atoms with van der Waals surface area (Å²) in [6.45, 7) is -0.0612. The molecule has 24 heavy (non-hydrogen) atoms. The van der Waals surface area contributed by atoms with E-state index < -0.39 is 11.8 Å². The molecule has 1 aromatic carbocycles. The van der Waals surface area contributed by atoms with Crippen molar-refractivity contribution >= 4 is 28.0 Å². The summed E-state index contributed by atoms with van der Waals surface area (Å²) in [5.41, 5.74) is 0.722. The Morgan fingerprint density at radius 1 is 1.29 bits per heavy atom. The van der Waals surface area contributed by atoms with Gasteiger partial charge in [0.15, 0.2) is 5.76 Å². The molecular weight excluding hydrogens is 381 g/mol. The minimum atomic E-state index is -0.614. The van der Waals surface area contributed by atoms with Gasteiger partial charge in [0, 0.05) is 22.2 Å². The molecule has 0 atom stereocenters. The summed E-state index contributed by atoms with van der Waals surface area (Å²) < 4.78 is 29.6. The van der Waals surface area contributed by atoms with Crippen LogP contribution in [0.1, 0.15) is 11.3 Å². The van der Waals surface area contributed by atoms with Crippen LogP contribution in [0.3, 0.4) is 0 Å². The van der Waals surface area contributed by atoms with Gasteiger partial charge in [-0.05, 0) is 36.4 Å². The Morgan fingerprint density at radius 2 is 2.17 bits per heavy atom. The normalized spacial score (nSPS) is 11.1. The summed E-state index contributed by atoms with van der Waals surface area (Å²) in [4.78, 5) is 11.7. The van der Waals surface area contributed by atoms with E-state index >= 15 is 0 Å². The fraction of sp³-hybridized carbons (Fsp3) is 0.0588. The molecule has 3 rings (SSSR count). The lowest BCUT2D eigenvalue weighted by Crippen LogP contribution is -2.00. The second-order valence-corrected chi connectivity index (χ2v) is 5.68. The van der Waals surface area contributed by atoms with Crippen LogP contribution in [0.5, 0.6) is 0 Å². The van der Waals surface area contributed by atoms with Crippen molar-refractivity contribution in [1.29, 1.82) is 0 Å². The van der Waals surface area contributed by atoms with Gasteiger partial charge < -0.3 is 13.7 Å². The largest absolute Gasteiger partial charge is 0.461 e. The molecule has 0 aliphatic rings. The van der Waals surface area contributed by atoms with Crippen molar-refractivity contribution in [1.82, 2.24) is 5.16 Å². The average molecular weight is 392 g/mol. The van der Waals surface area contributed by atoms with Gasteiger partial charge in [0.2, 0.25) is 5.76 Å². The number of carbonyl (C=O) groups excluding carboxylic acids is 1. The van der Waals surface area contributed by atoms with Gasteiger partial charge in [-0.3, -0.25) is 0 Å². The molecule has 0 unspecified atom stereocenters. The first-order valence-electron chi connectivity index (χ1n) is 6.91. The van der Waals surface area contributed by atoms with E-state index in [4.69, 9.17) is 13.7 Å². The van der Waals surface area contributed by atoms with E-state index in [0.29, 0.717) is 21.7 Å². The van der Waals surface area contributed by atoms with Crippen LogP contribution >= 0.6 is 15.9 Å². The smallest absolute Gasteiger partial charge is 0.331 e. The number of esters is 1. The fourth-order valence-electron chi connectivity index (χ4n) is 1.91. The van der Waals surface area contributed by atoms with Gasteiger partial charge in [0.25, 0.3) is 0 Å². The predicted octanol–water partition coefficient (Wildman–Crippen LogP) is 4.59. The van der Waals surface area contributed by atoms with Gasteiger partial charge in [-0.15, -0.1) is 0 Å². The van der Waals surface area contributed by atoms with Crippen LogP contribution in [0.15, 0.2) is 62.2 Å². The highest BCUT2D eigenvalue weighted by Crippen LogP contribution is 2.21. The highest BCUT2D eigenvalue weighted by atomic mass is 79.9. The SMILES string of the molecule is O=C(/C=C/c1cc(Br)ccc1F)OCc1cc(-c2ccco2)on1. The zero-order chi connectivity index (χ0) is 16.9. The first kappa shape index (κ1) is 16.2. The molecule has 2 heterocycles. The summed E-state index contributed by atoms with van der Waals surface area (Å²) in [5.74, 6) is -0.0679. The molecular formula is C17H11BrFNO4. The van der Waals surface area contributed by atoms with Crippen LogP contribution in [0.25, 0.3) is 17.6 Å². The minimum absolute atomic E-state index is 0.0612. The summed E-state index contributed by atoms with van der Waals surface area (Å²) in [5, 5.41) is 3.79. The predicted molar refractivity (Wildman–Crippen MR) is 87.1 cm³/mol. The Labute approximate surface area is 144 Å². The maximum Gasteiger partial charge on any atom is 0.331 e. The van der Waals surface area contributed by atoms with Crippen molar-refractivity contribution in [3.05, 3.63) is 70.3 Å². The first-order chi connectivity index (χ1) is 11.6. The number of hydrogen-bond acceptors (Lipinski definition) is 5. The van der Waals surface area contributed by atoms with Crippen LogP contribution in [-0.2, 0) is 16.1 Å². The van der Waals surface area contributed by atoms with Crippen LogP contribution in [0.4, 0.5) is 4.39 Å². The number of rotatable bonds is 5. The average Bonchev–Trinajstić information content (AvgIpc) is 3.24. The van der Waals surface area contributed by atoms with Gasteiger partial charge >= 0.3 is 5.97 Å². The quantitative estimate of drug-likeness (QED) is 0.469. The maximum absolute atomic E-state index is 13.6. The highest BCUT2D eigenvalue weighted by molar-refractivity contribution is 9.10. The molecule has 0 spiro atoms. The van der Waals surface area contributed by atoms with Gasteiger partial charge in [-0.1, -0.05) is 21.1 Å². The summed E-state index contributed by atoms with van der Waals surface area (Å²) in [7, 11) is 0. The number of furan rings is 1. The van der Waals surface area contributed by atoms with E-state index in [0.717, 1.165) is 6.08 Å². The van der Waals surface area contributed by atoms with E-state index in [1.165, 1.54) is 18.4 Å². The third kappa shape index (κ3) is 3.99. The number of ether oxygens (including phenoxy) is 1. The number of hydrogen-bond donors (Lipinski definition) is 0. The summed E-state index contributed by atoms with van der Waals surface area (Å²) >= 11 is 3.24. The minimum Gasteiger partial charge on any atom is -0.461 e. The number of aromatic nitrogens is 1. The Hall–Kier alpha value is -2.67. The third-order valence-electron chi connectivity index (χ3n) is 3.04. The molecule has 5 nitrogen and oxygen atoms in total. The fourth-order valence-corrected chi connectivity index (χ4v) is 2.29. The molecule has 0 fully saturated rings. The molecule has 0 saturated heterocycles. The van der Waals surface area contributed by atoms with Crippen LogP contribution in [0, 0.1) is 5.82 Å². The zero-order valence-electron chi connectivity index (χ0n) is 12.2. The van der Waals surface area contributed by atoms with E-state index in [2.05, 4.69) is 21.1 Å². The molecule has 0 amide bonds. The van der Waals surface area contributed by atoms with Gasteiger partial charge in [0.05, 0.1) is 6.26 Å². The molecule has 3 aromatic rings. The van der Waals surface area contributed by atoms with Crippen molar-refractivity contribution in [2.45, 2.75) is 6.61 Å². The van der Waals surface area contributed by atoms with Crippen molar-refractivity contribution in [3.8, 4) is 11.5 Å². The topological polar surface area (TPSA) is 65.5 Å². The van der Waals surface area contributed by atoms with Crippen molar-refractivity contribution in [2.75, 3.05) is 0 Å². The van der Waals surface area contributed by atoms with Crippen molar-refractivity contribution in [2.24, 2.45) is 0 Å². The van der Waals surface area contributed by atoms with Gasteiger partial charge in [-0.25, -0.2) is 9.18 Å². The maximum atomic E-state index is 13.6. The number of halogens is 2. The highest BCUT2D eigenvalue weighted by Gasteiger charge is 2.10. The lowest BCUT2D eigenvalue weighted by Gasteiger charge is -1.99. The molecule has 0 aliphatic carbocycles. The molecule has 7 heteroatoms. The number of nitrogens with zero attached hydrogens (tertiary/aromatic N) is 1. The molecule has 2 aromatic heterocycles. The second kappa shape index (κ2) is 7.27. The lowest BCUT2D eigenvalue weighted by atomic mass is 10.2. The van der Waals surface area contributed by atoms with E-state index in [-0.39, 0.29) is 12.2 Å². The van der Waals surface area contributed by atoms with E-state index in [9.17, 15) is 9.18 Å². The van der Waals surface area contributed by atoms with E-state index in [1.807, 2.05) is 0 Å². The van der Waals surface area contributed by atoms with Gasteiger partial charge in [0.1, 0.15) is 18.1 Å². The van der Waals surface area contributed by atoms with Gasteiger partial charge in [-0.2, -0.15) is 0 Å². The Bertz CT molecular complexity index is 871. The van der Waals surface area contributed by atoms with Crippen LogP contribution in [-0.4, -0.2) is 11.1 Å². The lowest BCUT2D eigenvalue weighted by molar-refractivity contribution is -0.139. The standard InChI is InChI=1S/C17H11BrFNO4/c18-12-4-5-14(19)11(8-12)3-6-17(21)23-10-13-9-16(24-20-13)15-2-1-7-22-15/h1-9H,10H2/b6-3+. The molecule has 0 radical (unpaired) electrons. The number of benzene rings is 1. The Morgan fingerprint density at radius 3 is 2.96 bits per heavy atom.